The molecule has 5 rings (SSSR count). The summed E-state index contributed by atoms with van der Waals surface area (Å²) in [6, 6.07) is 17.9. The number of carbonyl (C=O) groups is 1. The number of ether oxygens (including phenoxy) is 1. The number of benzene rings is 2. The van der Waals surface area contributed by atoms with Crippen molar-refractivity contribution in [1.82, 2.24) is 14.4 Å². The van der Waals surface area contributed by atoms with Gasteiger partial charge in [0, 0.05) is 29.8 Å². The molecule has 0 amide bonds. The summed E-state index contributed by atoms with van der Waals surface area (Å²) in [7, 11) is 0. The number of nitrogens with zero attached hydrogens (tertiary/aromatic N) is 3. The Labute approximate surface area is 174 Å². The van der Waals surface area contributed by atoms with E-state index in [0.717, 1.165) is 53.0 Å². The van der Waals surface area contributed by atoms with Gasteiger partial charge in [-0.25, -0.2) is 9.97 Å². The molecule has 1 saturated carbocycles. The van der Waals surface area contributed by atoms with Gasteiger partial charge in [0.15, 0.2) is 0 Å². The monoisotopic (exact) mass is 398 g/mol. The number of nitrogen functional groups attached to an aromatic ring is 1. The number of anilines is 1. The number of aromatic nitrogens is 3. The minimum Gasteiger partial charge on any atom is -0.489 e. The van der Waals surface area contributed by atoms with Crippen LogP contribution in [-0.2, 0) is 11.4 Å². The van der Waals surface area contributed by atoms with Crippen LogP contribution in [0.2, 0.25) is 0 Å². The van der Waals surface area contributed by atoms with Gasteiger partial charge in [0.05, 0.1) is 0 Å². The van der Waals surface area contributed by atoms with Gasteiger partial charge >= 0.3 is 0 Å². The first kappa shape index (κ1) is 18.4. The average Bonchev–Trinajstić information content (AvgIpc) is 3.13. The van der Waals surface area contributed by atoms with Crippen LogP contribution < -0.4 is 10.5 Å². The largest absolute Gasteiger partial charge is 0.489 e. The first-order chi connectivity index (χ1) is 14.7. The average molecular weight is 398 g/mol. The first-order valence-corrected chi connectivity index (χ1v) is 10.1. The Morgan fingerprint density at radius 1 is 1.13 bits per heavy atom. The van der Waals surface area contributed by atoms with E-state index in [4.69, 9.17) is 15.5 Å². The van der Waals surface area contributed by atoms with Crippen molar-refractivity contribution in [3.05, 3.63) is 78.4 Å². The fourth-order valence-electron chi connectivity index (χ4n) is 4.03. The molecule has 0 spiro atoms. The second-order valence-electron chi connectivity index (χ2n) is 7.72. The molecule has 150 valence electrons. The number of aldehydes is 1. The predicted molar refractivity (Wildman–Crippen MR) is 115 cm³/mol. The molecule has 6 nitrogen and oxygen atoms in total. The summed E-state index contributed by atoms with van der Waals surface area (Å²) in [6.07, 6.45) is 6.26. The minimum atomic E-state index is 0.125. The van der Waals surface area contributed by atoms with Crippen molar-refractivity contribution in [2.24, 2.45) is 5.92 Å². The summed E-state index contributed by atoms with van der Waals surface area (Å²) in [5.74, 6) is 2.52. The highest BCUT2D eigenvalue weighted by Gasteiger charge is 2.34. The van der Waals surface area contributed by atoms with Gasteiger partial charge < -0.3 is 15.3 Å². The predicted octanol–water partition coefficient (Wildman–Crippen LogP) is 4.25. The number of hydrogen-bond donors (Lipinski definition) is 1. The zero-order valence-electron chi connectivity index (χ0n) is 16.4. The number of carbonyl (C=O) groups excluding carboxylic acids is 1. The van der Waals surface area contributed by atoms with Crippen molar-refractivity contribution >= 4 is 17.6 Å². The van der Waals surface area contributed by atoms with Gasteiger partial charge in [0.1, 0.15) is 41.5 Å². The Bertz CT molecular complexity index is 1200. The zero-order valence-corrected chi connectivity index (χ0v) is 16.4. The van der Waals surface area contributed by atoms with Crippen LogP contribution in [0.4, 0.5) is 5.82 Å². The summed E-state index contributed by atoms with van der Waals surface area (Å²) >= 11 is 0. The standard InChI is InChI=1S/C24H22N4O2/c25-23-22-21(27-24(28(22)10-9-26-23)19-11-17(12-19)14-29)18-7-4-8-20(13-18)30-15-16-5-2-1-3-6-16/h1-10,13-14,17,19H,11-12,15H2,(H2,25,26). The maximum absolute atomic E-state index is 11.0. The minimum absolute atomic E-state index is 0.125. The summed E-state index contributed by atoms with van der Waals surface area (Å²) in [6.45, 7) is 0.498. The third-order valence-corrected chi connectivity index (χ3v) is 5.70. The van der Waals surface area contributed by atoms with E-state index in [1.165, 1.54) is 0 Å². The molecule has 2 aromatic heterocycles. The highest BCUT2D eigenvalue weighted by Crippen LogP contribution is 2.42. The lowest BCUT2D eigenvalue weighted by Gasteiger charge is -2.30. The molecule has 0 bridgehead atoms. The summed E-state index contributed by atoms with van der Waals surface area (Å²) < 4.78 is 8.01. The quantitative estimate of drug-likeness (QED) is 0.491. The third kappa shape index (κ3) is 3.30. The third-order valence-electron chi connectivity index (χ3n) is 5.70. The topological polar surface area (TPSA) is 82.5 Å². The van der Waals surface area contributed by atoms with Gasteiger partial charge in [-0.2, -0.15) is 0 Å². The molecule has 4 aromatic rings. The number of fused-ring (bicyclic) bond motifs is 1. The smallest absolute Gasteiger partial charge is 0.150 e. The molecular weight excluding hydrogens is 376 g/mol. The fraction of sp³-hybridized carbons (Fsp3) is 0.208. The van der Waals surface area contributed by atoms with Crippen molar-refractivity contribution in [1.29, 1.82) is 0 Å². The first-order valence-electron chi connectivity index (χ1n) is 10.1. The molecule has 30 heavy (non-hydrogen) atoms. The van der Waals surface area contributed by atoms with Crippen LogP contribution in [0.15, 0.2) is 67.0 Å². The Balaban J connectivity index is 1.49. The van der Waals surface area contributed by atoms with Crippen molar-refractivity contribution in [2.45, 2.75) is 25.4 Å². The lowest BCUT2D eigenvalue weighted by molar-refractivity contribution is -0.113. The van der Waals surface area contributed by atoms with Crippen LogP contribution in [-0.4, -0.2) is 20.7 Å². The van der Waals surface area contributed by atoms with E-state index in [1.54, 1.807) is 6.20 Å². The molecule has 0 radical (unpaired) electrons. The lowest BCUT2D eigenvalue weighted by atomic mass is 9.75. The Morgan fingerprint density at radius 2 is 1.97 bits per heavy atom. The highest BCUT2D eigenvalue weighted by atomic mass is 16.5. The highest BCUT2D eigenvalue weighted by molar-refractivity contribution is 5.85. The van der Waals surface area contributed by atoms with E-state index in [2.05, 4.69) is 4.98 Å². The molecule has 0 saturated heterocycles. The number of imidazole rings is 1. The van der Waals surface area contributed by atoms with E-state index in [1.807, 2.05) is 65.2 Å². The van der Waals surface area contributed by atoms with Crippen molar-refractivity contribution in [3.63, 3.8) is 0 Å². The molecule has 2 aromatic carbocycles. The second-order valence-corrected chi connectivity index (χ2v) is 7.72. The molecule has 2 heterocycles. The molecule has 1 fully saturated rings. The van der Waals surface area contributed by atoms with Gasteiger partial charge in [-0.15, -0.1) is 0 Å². The molecule has 0 aliphatic heterocycles. The van der Waals surface area contributed by atoms with E-state index >= 15 is 0 Å². The van der Waals surface area contributed by atoms with E-state index in [9.17, 15) is 4.79 Å². The van der Waals surface area contributed by atoms with Gasteiger partial charge in [0.2, 0.25) is 0 Å². The number of rotatable bonds is 6. The molecule has 1 aliphatic carbocycles. The van der Waals surface area contributed by atoms with E-state index < -0.39 is 0 Å². The Kier molecular flexibility index (Phi) is 4.67. The zero-order chi connectivity index (χ0) is 20.5. The van der Waals surface area contributed by atoms with Crippen LogP contribution in [0.1, 0.15) is 30.1 Å². The maximum Gasteiger partial charge on any atom is 0.150 e. The Hall–Kier alpha value is -3.67. The van der Waals surface area contributed by atoms with Crippen LogP contribution in [0.25, 0.3) is 16.8 Å². The summed E-state index contributed by atoms with van der Waals surface area (Å²) in [5.41, 5.74) is 9.85. The van der Waals surface area contributed by atoms with Crippen molar-refractivity contribution in [3.8, 4) is 17.0 Å². The van der Waals surface area contributed by atoms with Crippen molar-refractivity contribution < 1.29 is 9.53 Å². The molecular formula is C24H22N4O2. The van der Waals surface area contributed by atoms with Crippen LogP contribution >= 0.6 is 0 Å². The fourth-order valence-corrected chi connectivity index (χ4v) is 4.03. The second kappa shape index (κ2) is 7.63. The van der Waals surface area contributed by atoms with Gasteiger partial charge in [-0.05, 0) is 30.5 Å². The molecule has 0 atom stereocenters. The Morgan fingerprint density at radius 3 is 2.77 bits per heavy atom. The van der Waals surface area contributed by atoms with Crippen LogP contribution in [0.5, 0.6) is 5.75 Å². The lowest BCUT2D eigenvalue weighted by Crippen LogP contribution is -2.24. The van der Waals surface area contributed by atoms with Gasteiger partial charge in [0.25, 0.3) is 0 Å². The summed E-state index contributed by atoms with van der Waals surface area (Å²) in [5, 5.41) is 0. The summed E-state index contributed by atoms with van der Waals surface area (Å²) in [4.78, 5) is 20.2. The number of nitrogens with two attached hydrogens (primary N) is 1. The molecule has 0 unspecified atom stereocenters. The maximum atomic E-state index is 11.0. The van der Waals surface area contributed by atoms with Gasteiger partial charge in [-0.1, -0.05) is 42.5 Å². The molecule has 2 N–H and O–H groups in total. The van der Waals surface area contributed by atoms with Gasteiger partial charge in [-0.3, -0.25) is 4.40 Å². The number of hydrogen-bond acceptors (Lipinski definition) is 5. The molecule has 6 heteroatoms. The van der Waals surface area contributed by atoms with Crippen LogP contribution in [0, 0.1) is 5.92 Å². The van der Waals surface area contributed by atoms with Crippen molar-refractivity contribution in [2.75, 3.05) is 5.73 Å². The normalized spacial score (nSPS) is 18.1. The SMILES string of the molecule is Nc1nccn2c(C3CC(C=O)C3)nc(-c3cccc(OCc4ccccc4)c3)c12. The van der Waals surface area contributed by atoms with Crippen LogP contribution in [0.3, 0.4) is 0 Å². The van der Waals surface area contributed by atoms with E-state index in [-0.39, 0.29) is 11.8 Å². The molecule has 1 aliphatic rings. The van der Waals surface area contributed by atoms with E-state index in [0.29, 0.717) is 12.4 Å².